The molecule has 62 valence electrons. The molecule has 0 aliphatic rings. The van der Waals surface area contributed by atoms with Gasteiger partial charge < -0.3 is 5.11 Å². The van der Waals surface area contributed by atoms with Gasteiger partial charge in [0.15, 0.2) is 0 Å². The molecular weight excluding hydrogens is 144 g/mol. The lowest BCUT2D eigenvalue weighted by atomic mass is 9.94. The zero-order valence-electron chi connectivity index (χ0n) is 7.13. The minimum atomic E-state index is 0.345. The summed E-state index contributed by atoms with van der Waals surface area (Å²) in [6, 6.07) is 0. The summed E-state index contributed by atoms with van der Waals surface area (Å²) in [6.07, 6.45) is 3.25. The Morgan fingerprint density at radius 2 is 2.00 bits per heavy atom. The summed E-state index contributed by atoms with van der Waals surface area (Å²) in [6.45, 7) is 4.68. The maximum absolute atomic E-state index is 8.91. The Balaban J connectivity index is 3.40. The second-order valence-corrected chi connectivity index (χ2v) is 3.95. The summed E-state index contributed by atoms with van der Waals surface area (Å²) in [7, 11) is 0. The van der Waals surface area contributed by atoms with E-state index in [1.165, 1.54) is 5.75 Å². The van der Waals surface area contributed by atoms with Crippen molar-refractivity contribution in [2.75, 3.05) is 18.6 Å². The molecular formula is C8H18OS. The van der Waals surface area contributed by atoms with Gasteiger partial charge in [-0.25, -0.2) is 0 Å². The van der Waals surface area contributed by atoms with E-state index >= 15 is 0 Å². The van der Waals surface area contributed by atoms with Crippen LogP contribution in [0.4, 0.5) is 0 Å². The first-order valence-electron chi connectivity index (χ1n) is 3.82. The lowest BCUT2D eigenvalue weighted by molar-refractivity contribution is 0.187. The highest BCUT2D eigenvalue weighted by atomic mass is 32.2. The largest absolute Gasteiger partial charge is 0.396 e. The van der Waals surface area contributed by atoms with Crippen molar-refractivity contribution in [1.82, 2.24) is 0 Å². The molecule has 0 spiro atoms. The maximum atomic E-state index is 8.91. The highest BCUT2D eigenvalue weighted by Gasteiger charge is 2.10. The van der Waals surface area contributed by atoms with Crippen LogP contribution >= 0.6 is 11.8 Å². The van der Waals surface area contributed by atoms with E-state index in [1.54, 1.807) is 0 Å². The molecule has 0 bridgehead atoms. The molecule has 0 aliphatic carbocycles. The van der Waals surface area contributed by atoms with Gasteiger partial charge >= 0.3 is 0 Å². The first-order chi connectivity index (χ1) is 4.72. The van der Waals surface area contributed by atoms with E-state index in [-0.39, 0.29) is 0 Å². The molecule has 0 aromatic carbocycles. The number of aliphatic hydroxyl groups is 1. The zero-order valence-corrected chi connectivity index (χ0v) is 7.95. The van der Waals surface area contributed by atoms with Crippen LogP contribution < -0.4 is 0 Å². The van der Waals surface area contributed by atoms with Crippen LogP contribution in [-0.2, 0) is 0 Å². The van der Waals surface area contributed by atoms with Crippen molar-refractivity contribution in [2.45, 2.75) is 20.3 Å². The molecule has 0 amide bonds. The molecule has 0 heterocycles. The summed E-state index contributed by atoms with van der Waals surface area (Å²) < 4.78 is 0. The van der Waals surface area contributed by atoms with Crippen LogP contribution in [-0.4, -0.2) is 23.7 Å². The highest BCUT2D eigenvalue weighted by Crippen LogP contribution is 2.15. The van der Waals surface area contributed by atoms with Gasteiger partial charge in [0.25, 0.3) is 0 Å². The van der Waals surface area contributed by atoms with Crippen LogP contribution in [0.25, 0.3) is 0 Å². The van der Waals surface area contributed by atoms with Crippen molar-refractivity contribution >= 4 is 11.8 Å². The van der Waals surface area contributed by atoms with Crippen molar-refractivity contribution in [3.8, 4) is 0 Å². The lowest BCUT2D eigenvalue weighted by Crippen LogP contribution is -2.13. The molecule has 0 fully saturated rings. The van der Waals surface area contributed by atoms with E-state index < -0.39 is 0 Å². The first kappa shape index (κ1) is 10.3. The Bertz CT molecular complexity index is 73.7. The Kier molecular flexibility index (Phi) is 6.24. The third-order valence-electron chi connectivity index (χ3n) is 1.87. The first-order valence-corrected chi connectivity index (χ1v) is 5.21. The number of aliphatic hydroxyl groups excluding tert-OH is 1. The molecule has 0 aromatic rings. The fourth-order valence-electron chi connectivity index (χ4n) is 0.905. The second kappa shape index (κ2) is 6.05. The summed E-state index contributed by atoms with van der Waals surface area (Å²) >= 11 is 1.85. The molecule has 10 heavy (non-hydrogen) atoms. The average molecular weight is 162 g/mol. The second-order valence-electron chi connectivity index (χ2n) is 2.97. The van der Waals surface area contributed by atoms with Crippen molar-refractivity contribution in [2.24, 2.45) is 11.8 Å². The molecule has 2 heteroatoms. The molecule has 0 saturated carbocycles. The van der Waals surface area contributed by atoms with E-state index in [0.29, 0.717) is 18.4 Å². The van der Waals surface area contributed by atoms with E-state index in [0.717, 1.165) is 6.42 Å². The van der Waals surface area contributed by atoms with Crippen LogP contribution in [0.1, 0.15) is 20.3 Å². The van der Waals surface area contributed by atoms with Gasteiger partial charge in [0.1, 0.15) is 0 Å². The molecule has 1 atom stereocenters. The summed E-state index contributed by atoms with van der Waals surface area (Å²) in [5.74, 6) is 2.30. The third-order valence-corrected chi connectivity index (χ3v) is 2.51. The maximum Gasteiger partial charge on any atom is 0.0462 e. The molecule has 0 saturated heterocycles. The summed E-state index contributed by atoms with van der Waals surface area (Å²) in [5, 5.41) is 8.91. The summed E-state index contributed by atoms with van der Waals surface area (Å²) in [5.41, 5.74) is 0. The SMILES string of the molecule is CSCC[C@H](CO)C(C)C. The molecule has 1 N–H and O–H groups in total. The van der Waals surface area contributed by atoms with Gasteiger partial charge in [-0.2, -0.15) is 11.8 Å². The van der Waals surface area contributed by atoms with Crippen LogP contribution in [0.2, 0.25) is 0 Å². The van der Waals surface area contributed by atoms with Gasteiger partial charge in [0.2, 0.25) is 0 Å². The monoisotopic (exact) mass is 162 g/mol. The average Bonchev–Trinajstić information content (AvgIpc) is 1.89. The van der Waals surface area contributed by atoms with E-state index in [2.05, 4.69) is 20.1 Å². The predicted molar refractivity (Wildman–Crippen MR) is 48.4 cm³/mol. The number of hydrogen-bond donors (Lipinski definition) is 1. The third kappa shape index (κ3) is 4.18. The highest BCUT2D eigenvalue weighted by molar-refractivity contribution is 7.98. The Morgan fingerprint density at radius 3 is 2.30 bits per heavy atom. The lowest BCUT2D eigenvalue weighted by Gasteiger charge is -2.16. The zero-order chi connectivity index (χ0) is 7.98. The van der Waals surface area contributed by atoms with Crippen LogP contribution in [0.3, 0.4) is 0 Å². The van der Waals surface area contributed by atoms with Gasteiger partial charge in [0.05, 0.1) is 0 Å². The predicted octanol–water partition coefficient (Wildman–Crippen LogP) is 2.00. The molecule has 0 aliphatic heterocycles. The molecule has 0 unspecified atom stereocenters. The van der Waals surface area contributed by atoms with Crippen LogP contribution in [0.5, 0.6) is 0 Å². The Labute approximate surface area is 68.2 Å². The Hall–Kier alpha value is 0.310. The molecule has 0 radical (unpaired) electrons. The number of thioether (sulfide) groups is 1. The van der Waals surface area contributed by atoms with Gasteiger partial charge in [-0.05, 0) is 30.3 Å². The van der Waals surface area contributed by atoms with Gasteiger partial charge in [-0.3, -0.25) is 0 Å². The molecule has 0 rings (SSSR count). The molecule has 0 aromatic heterocycles. The van der Waals surface area contributed by atoms with Gasteiger partial charge in [-0.1, -0.05) is 13.8 Å². The molecule has 1 nitrogen and oxygen atoms in total. The standard InChI is InChI=1S/C8H18OS/c1-7(2)8(6-9)4-5-10-3/h7-9H,4-6H2,1-3H3/t8-/m1/s1. The normalized spacial score (nSPS) is 14.1. The minimum Gasteiger partial charge on any atom is -0.396 e. The number of rotatable bonds is 5. The quantitative estimate of drug-likeness (QED) is 0.667. The van der Waals surface area contributed by atoms with Gasteiger partial charge in [-0.15, -0.1) is 0 Å². The fraction of sp³-hybridized carbons (Fsp3) is 1.00. The van der Waals surface area contributed by atoms with Crippen LogP contribution in [0.15, 0.2) is 0 Å². The van der Waals surface area contributed by atoms with Crippen molar-refractivity contribution in [3.05, 3.63) is 0 Å². The van der Waals surface area contributed by atoms with E-state index in [4.69, 9.17) is 5.11 Å². The summed E-state index contributed by atoms with van der Waals surface area (Å²) in [4.78, 5) is 0. The topological polar surface area (TPSA) is 20.2 Å². The fourth-order valence-corrected chi connectivity index (χ4v) is 1.44. The minimum absolute atomic E-state index is 0.345. The van der Waals surface area contributed by atoms with Crippen molar-refractivity contribution in [1.29, 1.82) is 0 Å². The van der Waals surface area contributed by atoms with E-state index in [1.807, 2.05) is 11.8 Å². The Morgan fingerprint density at radius 1 is 1.40 bits per heavy atom. The van der Waals surface area contributed by atoms with Crippen molar-refractivity contribution < 1.29 is 5.11 Å². The van der Waals surface area contributed by atoms with Crippen molar-refractivity contribution in [3.63, 3.8) is 0 Å². The van der Waals surface area contributed by atoms with Crippen LogP contribution in [0, 0.1) is 11.8 Å². The van der Waals surface area contributed by atoms with E-state index in [9.17, 15) is 0 Å². The van der Waals surface area contributed by atoms with Gasteiger partial charge in [0, 0.05) is 6.61 Å². The smallest absolute Gasteiger partial charge is 0.0462 e. The number of hydrogen-bond acceptors (Lipinski definition) is 2.